The van der Waals surface area contributed by atoms with E-state index in [4.69, 9.17) is 24.2 Å². The van der Waals surface area contributed by atoms with Crippen LogP contribution in [0.4, 0.5) is 5.82 Å². The van der Waals surface area contributed by atoms with E-state index in [-0.39, 0.29) is 12.6 Å². The van der Waals surface area contributed by atoms with Crippen molar-refractivity contribution in [3.8, 4) is 28.4 Å². The number of esters is 1. The second kappa shape index (κ2) is 11.9. The number of anilines is 1. The third-order valence-corrected chi connectivity index (χ3v) is 5.82. The molecule has 0 aliphatic carbocycles. The molecule has 10 nitrogen and oxygen atoms in total. The normalized spacial score (nSPS) is 15.9. The molecule has 36 heavy (non-hydrogen) atoms. The molecule has 1 unspecified atom stereocenters. The van der Waals surface area contributed by atoms with Gasteiger partial charge >= 0.3 is 5.97 Å². The molecule has 1 saturated heterocycles. The maximum Gasteiger partial charge on any atom is 0.339 e. The molecule has 10 heteroatoms. The van der Waals surface area contributed by atoms with Crippen LogP contribution in [0.3, 0.4) is 0 Å². The van der Waals surface area contributed by atoms with E-state index in [1.165, 1.54) is 13.3 Å². The number of aliphatic hydroxyl groups excluding tert-OH is 1. The van der Waals surface area contributed by atoms with Crippen LogP contribution in [0.5, 0.6) is 5.75 Å². The molecule has 1 aromatic carbocycles. The van der Waals surface area contributed by atoms with E-state index in [9.17, 15) is 9.90 Å². The molecular formula is C26H31N5O5. The lowest BCUT2D eigenvalue weighted by Gasteiger charge is -2.18. The van der Waals surface area contributed by atoms with Crippen molar-refractivity contribution in [3.63, 3.8) is 0 Å². The number of likely N-dealkylation sites (N-methyl/N-ethyl adjacent to an activating group) is 1. The Morgan fingerprint density at radius 1 is 1.25 bits per heavy atom. The van der Waals surface area contributed by atoms with Crippen LogP contribution in [0.25, 0.3) is 22.6 Å². The van der Waals surface area contributed by atoms with Crippen molar-refractivity contribution in [1.82, 2.24) is 20.3 Å². The van der Waals surface area contributed by atoms with Crippen LogP contribution in [-0.4, -0.2) is 78.7 Å². The number of benzene rings is 1. The molecular weight excluding hydrogens is 462 g/mol. The fourth-order valence-corrected chi connectivity index (χ4v) is 3.92. The van der Waals surface area contributed by atoms with E-state index >= 15 is 0 Å². The second-order valence-electron chi connectivity index (χ2n) is 8.58. The number of carbonyl (C=O) groups is 1. The maximum atomic E-state index is 12.1. The van der Waals surface area contributed by atoms with E-state index in [0.717, 1.165) is 17.5 Å². The number of nitrogens with zero attached hydrogens (tertiary/aromatic N) is 3. The van der Waals surface area contributed by atoms with Gasteiger partial charge in [-0.25, -0.2) is 14.8 Å². The van der Waals surface area contributed by atoms with Crippen molar-refractivity contribution in [2.24, 2.45) is 0 Å². The number of ether oxygens (including phenoxy) is 3. The molecule has 3 N–H and O–H groups in total. The Labute approximate surface area is 210 Å². The Bertz CT molecular complexity index is 1200. The Hall–Kier alpha value is -3.60. The quantitative estimate of drug-likeness (QED) is 0.362. The molecule has 0 radical (unpaired) electrons. The Morgan fingerprint density at radius 3 is 2.86 bits per heavy atom. The van der Waals surface area contributed by atoms with Crippen LogP contribution < -0.4 is 15.4 Å². The Kier molecular flexibility index (Phi) is 8.42. The minimum absolute atomic E-state index is 0.141. The van der Waals surface area contributed by atoms with Crippen LogP contribution in [0, 0.1) is 6.92 Å². The summed E-state index contributed by atoms with van der Waals surface area (Å²) in [5.41, 5.74) is 3.24. The van der Waals surface area contributed by atoms with Gasteiger partial charge in [-0.3, -0.25) is 4.98 Å². The molecule has 4 rings (SSSR count). The summed E-state index contributed by atoms with van der Waals surface area (Å²) in [5, 5.41) is 16.4. The van der Waals surface area contributed by atoms with E-state index < -0.39 is 12.1 Å². The lowest BCUT2D eigenvalue weighted by Crippen LogP contribution is -2.29. The molecule has 0 amide bonds. The molecule has 0 bridgehead atoms. The van der Waals surface area contributed by atoms with Gasteiger partial charge in [0, 0.05) is 42.2 Å². The SMILES string of the molecule is CNCC(O)COc1cccc(-c2nc(N[C@@H]3CCOC3)c(C)c(-c3cncc(C(=O)OC)c3)n2)c1. The van der Waals surface area contributed by atoms with Crippen molar-refractivity contribution in [3.05, 3.63) is 53.9 Å². The highest BCUT2D eigenvalue weighted by molar-refractivity contribution is 5.90. The Balaban J connectivity index is 1.73. The van der Waals surface area contributed by atoms with Gasteiger partial charge in [-0.05, 0) is 38.6 Å². The van der Waals surface area contributed by atoms with Crippen molar-refractivity contribution in [2.45, 2.75) is 25.5 Å². The van der Waals surface area contributed by atoms with Gasteiger partial charge in [0.05, 0.1) is 31.0 Å². The monoisotopic (exact) mass is 493 g/mol. The zero-order chi connectivity index (χ0) is 25.5. The molecule has 0 saturated carbocycles. The lowest BCUT2D eigenvalue weighted by molar-refractivity contribution is 0.0600. The van der Waals surface area contributed by atoms with Gasteiger partial charge in [0.2, 0.25) is 0 Å². The van der Waals surface area contributed by atoms with E-state index in [1.807, 2.05) is 31.2 Å². The first-order valence-electron chi connectivity index (χ1n) is 11.8. The number of pyridine rings is 1. The van der Waals surface area contributed by atoms with Gasteiger partial charge in [0.15, 0.2) is 5.82 Å². The number of hydrogen-bond donors (Lipinski definition) is 3. The first-order chi connectivity index (χ1) is 17.5. The number of aromatic nitrogens is 3. The number of hydrogen-bond acceptors (Lipinski definition) is 10. The minimum Gasteiger partial charge on any atom is -0.491 e. The summed E-state index contributed by atoms with van der Waals surface area (Å²) in [6.07, 6.45) is 3.38. The van der Waals surface area contributed by atoms with Gasteiger partial charge in [-0.1, -0.05) is 12.1 Å². The largest absolute Gasteiger partial charge is 0.491 e. The van der Waals surface area contributed by atoms with Gasteiger partial charge in [-0.2, -0.15) is 0 Å². The van der Waals surface area contributed by atoms with E-state index in [1.54, 1.807) is 19.3 Å². The number of nitrogens with one attached hydrogen (secondary N) is 2. The second-order valence-corrected chi connectivity index (χ2v) is 8.58. The smallest absolute Gasteiger partial charge is 0.339 e. The fraction of sp³-hybridized carbons (Fsp3) is 0.385. The van der Waals surface area contributed by atoms with Crippen LogP contribution in [0.2, 0.25) is 0 Å². The highest BCUT2D eigenvalue weighted by atomic mass is 16.5. The van der Waals surface area contributed by atoms with Crippen LogP contribution in [0.15, 0.2) is 42.7 Å². The first kappa shape index (κ1) is 25.5. The molecule has 2 aromatic heterocycles. The molecule has 3 aromatic rings. The summed E-state index contributed by atoms with van der Waals surface area (Å²) in [6.45, 7) is 3.83. The molecule has 190 valence electrons. The summed E-state index contributed by atoms with van der Waals surface area (Å²) in [6, 6.07) is 9.27. The Morgan fingerprint density at radius 2 is 2.11 bits per heavy atom. The molecule has 1 aliphatic heterocycles. The van der Waals surface area contributed by atoms with Crippen LogP contribution >= 0.6 is 0 Å². The van der Waals surface area contributed by atoms with Gasteiger partial charge in [0.25, 0.3) is 0 Å². The maximum absolute atomic E-state index is 12.1. The average molecular weight is 494 g/mol. The number of methoxy groups -OCH3 is 1. The zero-order valence-electron chi connectivity index (χ0n) is 20.7. The van der Waals surface area contributed by atoms with Crippen LogP contribution in [0.1, 0.15) is 22.3 Å². The van der Waals surface area contributed by atoms with Crippen molar-refractivity contribution in [2.75, 3.05) is 45.8 Å². The average Bonchev–Trinajstić information content (AvgIpc) is 3.42. The summed E-state index contributed by atoms with van der Waals surface area (Å²) < 4.78 is 16.2. The summed E-state index contributed by atoms with van der Waals surface area (Å²) in [4.78, 5) is 26.0. The van der Waals surface area contributed by atoms with Crippen molar-refractivity contribution < 1.29 is 24.1 Å². The predicted octanol–water partition coefficient (Wildman–Crippen LogP) is 2.46. The van der Waals surface area contributed by atoms with Crippen molar-refractivity contribution >= 4 is 11.8 Å². The summed E-state index contributed by atoms with van der Waals surface area (Å²) in [5.74, 6) is 1.30. The molecule has 2 atom stereocenters. The zero-order valence-corrected chi connectivity index (χ0v) is 20.7. The third-order valence-electron chi connectivity index (χ3n) is 5.82. The molecule has 1 aliphatic rings. The molecule has 1 fully saturated rings. The highest BCUT2D eigenvalue weighted by Gasteiger charge is 2.21. The lowest BCUT2D eigenvalue weighted by atomic mass is 10.1. The van der Waals surface area contributed by atoms with Crippen LogP contribution in [-0.2, 0) is 9.47 Å². The van der Waals surface area contributed by atoms with Gasteiger partial charge in [0.1, 0.15) is 24.3 Å². The minimum atomic E-state index is -0.625. The standard InChI is InChI=1S/C26H31N5O5/c1-16-23(18-9-19(12-28-11-18)26(33)34-3)30-25(31-24(16)29-20-7-8-35-14-20)17-5-4-6-22(10-17)36-15-21(32)13-27-2/h4-6,9-12,20-21,27,32H,7-8,13-15H2,1-3H3,(H,29,30,31)/t20-,21?/m1/s1. The number of carbonyl (C=O) groups excluding carboxylic acids is 1. The first-order valence-corrected chi connectivity index (χ1v) is 11.8. The molecule has 3 heterocycles. The fourth-order valence-electron chi connectivity index (χ4n) is 3.92. The number of aliphatic hydroxyl groups is 1. The third kappa shape index (κ3) is 6.14. The van der Waals surface area contributed by atoms with E-state index in [2.05, 4.69) is 15.6 Å². The van der Waals surface area contributed by atoms with Crippen molar-refractivity contribution in [1.29, 1.82) is 0 Å². The van der Waals surface area contributed by atoms with Gasteiger partial charge < -0.3 is 30.0 Å². The number of rotatable bonds is 10. The summed E-state index contributed by atoms with van der Waals surface area (Å²) in [7, 11) is 3.11. The predicted molar refractivity (Wildman–Crippen MR) is 135 cm³/mol. The summed E-state index contributed by atoms with van der Waals surface area (Å²) >= 11 is 0. The highest BCUT2D eigenvalue weighted by Crippen LogP contribution is 2.31. The van der Waals surface area contributed by atoms with Gasteiger partial charge in [-0.15, -0.1) is 0 Å². The molecule has 0 spiro atoms. The van der Waals surface area contributed by atoms with E-state index in [0.29, 0.717) is 54.0 Å². The topological polar surface area (TPSA) is 128 Å².